The van der Waals surface area contributed by atoms with Crippen LogP contribution in [0.2, 0.25) is 0 Å². The zero-order chi connectivity index (χ0) is 14.8. The molecule has 1 aromatic carbocycles. The zero-order valence-corrected chi connectivity index (χ0v) is 13.1. The van der Waals surface area contributed by atoms with Crippen molar-refractivity contribution in [2.75, 3.05) is 19.8 Å². The van der Waals surface area contributed by atoms with Gasteiger partial charge in [-0.15, -0.1) is 11.8 Å². The summed E-state index contributed by atoms with van der Waals surface area (Å²) in [4.78, 5) is 0.940. The molecule has 19 heavy (non-hydrogen) atoms. The first kappa shape index (κ1) is 16.3. The van der Waals surface area contributed by atoms with Crippen LogP contribution in [0.1, 0.15) is 13.8 Å². The Kier molecular flexibility index (Phi) is 5.26. The molecule has 0 aliphatic heterocycles. The smallest absolute Gasteiger partial charge is 0.242 e. The molecule has 0 bridgehead atoms. The van der Waals surface area contributed by atoms with Crippen molar-refractivity contribution in [3.63, 3.8) is 0 Å². The van der Waals surface area contributed by atoms with Crippen LogP contribution in [0.3, 0.4) is 0 Å². The van der Waals surface area contributed by atoms with E-state index in [1.54, 1.807) is 13.0 Å². The van der Waals surface area contributed by atoms with Crippen molar-refractivity contribution in [3.05, 3.63) is 18.2 Å². The summed E-state index contributed by atoms with van der Waals surface area (Å²) in [6.45, 7) is 3.60. The lowest BCUT2D eigenvalue weighted by molar-refractivity contribution is 0.196. The van der Waals surface area contributed by atoms with Gasteiger partial charge in [0.15, 0.2) is 0 Å². The lowest BCUT2D eigenvalue weighted by atomic mass is 10.3. The predicted molar refractivity (Wildman–Crippen MR) is 78.7 cm³/mol. The molecule has 1 rings (SSSR count). The summed E-state index contributed by atoms with van der Waals surface area (Å²) in [7, 11) is -0.514. The maximum absolute atomic E-state index is 11.9. The number of nitrogen functional groups attached to an aromatic ring is 1. The highest BCUT2D eigenvalue weighted by Gasteiger charge is 2.19. The van der Waals surface area contributed by atoms with Gasteiger partial charge in [-0.05, 0) is 25.1 Å². The molecule has 7 heteroatoms. The molecule has 0 fully saturated rings. The molecule has 1 aromatic rings. The normalized spacial score (nSPS) is 15.5. The van der Waals surface area contributed by atoms with Gasteiger partial charge >= 0.3 is 0 Å². The first-order chi connectivity index (χ1) is 8.66. The van der Waals surface area contributed by atoms with E-state index in [2.05, 4.69) is 0 Å². The van der Waals surface area contributed by atoms with Crippen LogP contribution >= 0.6 is 11.8 Å². The van der Waals surface area contributed by atoms with Gasteiger partial charge in [-0.2, -0.15) is 0 Å². The molecular formula is C12H20N2O3S2. The van der Waals surface area contributed by atoms with Crippen LogP contribution in [0.5, 0.6) is 0 Å². The fraction of sp³-hybridized carbons (Fsp3) is 0.500. The monoisotopic (exact) mass is 304 g/mol. The Morgan fingerprint density at radius 2 is 1.89 bits per heavy atom. The number of nitrogens with two attached hydrogens (primary N) is 1. The molecule has 0 radical (unpaired) electrons. The number of anilines is 1. The molecule has 5 nitrogen and oxygen atoms in total. The van der Waals surface area contributed by atoms with Crippen molar-refractivity contribution in [1.82, 2.24) is 4.31 Å². The summed E-state index contributed by atoms with van der Waals surface area (Å²) < 4.78 is 25.0. The fourth-order valence-corrected chi connectivity index (χ4v) is 3.18. The molecule has 0 heterocycles. The number of sulfonamides is 1. The van der Waals surface area contributed by atoms with Crippen LogP contribution in [-0.2, 0) is 10.0 Å². The van der Waals surface area contributed by atoms with Crippen LogP contribution in [0.4, 0.5) is 5.69 Å². The summed E-state index contributed by atoms with van der Waals surface area (Å²) in [6.07, 6.45) is -0.463. The van der Waals surface area contributed by atoms with Crippen LogP contribution in [0.25, 0.3) is 0 Å². The molecule has 3 N–H and O–H groups in total. The Bertz CT molecular complexity index is 542. The summed E-state index contributed by atoms with van der Waals surface area (Å²) in [5, 5.41) is 9.45. The number of aliphatic hydroxyl groups is 1. The quantitative estimate of drug-likeness (QED) is 0.634. The third kappa shape index (κ3) is 3.85. The molecule has 0 amide bonds. The van der Waals surface area contributed by atoms with Crippen LogP contribution in [-0.4, -0.2) is 43.3 Å². The average Bonchev–Trinajstić information content (AvgIpc) is 2.30. The number of aliphatic hydroxyl groups excluding tert-OH is 1. The van der Waals surface area contributed by atoms with Gasteiger partial charge in [0.1, 0.15) is 0 Å². The maximum atomic E-state index is 11.9. The van der Waals surface area contributed by atoms with Gasteiger partial charge in [0.25, 0.3) is 0 Å². The van der Waals surface area contributed by atoms with Gasteiger partial charge in [-0.1, -0.05) is 6.92 Å². The Morgan fingerprint density at radius 3 is 2.32 bits per heavy atom. The third-order valence-corrected chi connectivity index (χ3v) is 5.95. The second-order valence-electron chi connectivity index (χ2n) is 4.55. The lowest BCUT2D eigenvalue weighted by Crippen LogP contribution is -2.22. The number of nitrogens with zero attached hydrogens (tertiary/aromatic N) is 1. The van der Waals surface area contributed by atoms with E-state index in [0.717, 1.165) is 9.20 Å². The van der Waals surface area contributed by atoms with E-state index in [0.29, 0.717) is 5.69 Å². The van der Waals surface area contributed by atoms with E-state index in [-0.39, 0.29) is 10.1 Å². The summed E-state index contributed by atoms with van der Waals surface area (Å²) in [6, 6.07) is 4.66. The van der Waals surface area contributed by atoms with Gasteiger partial charge in [0.2, 0.25) is 10.0 Å². The zero-order valence-electron chi connectivity index (χ0n) is 11.5. The van der Waals surface area contributed by atoms with Crippen molar-refractivity contribution in [1.29, 1.82) is 0 Å². The summed E-state index contributed by atoms with van der Waals surface area (Å²) in [5.74, 6) is 0. The minimum atomic E-state index is -3.47. The highest BCUT2D eigenvalue weighted by molar-refractivity contribution is 8.00. The average molecular weight is 304 g/mol. The minimum absolute atomic E-state index is 0.0152. The van der Waals surface area contributed by atoms with E-state index in [1.165, 1.54) is 38.0 Å². The van der Waals surface area contributed by atoms with E-state index in [4.69, 9.17) is 5.73 Å². The van der Waals surface area contributed by atoms with Crippen molar-refractivity contribution in [3.8, 4) is 0 Å². The van der Waals surface area contributed by atoms with Gasteiger partial charge in [0, 0.05) is 29.9 Å². The van der Waals surface area contributed by atoms with Gasteiger partial charge in [0.05, 0.1) is 11.0 Å². The predicted octanol–water partition coefficient (Wildman–Crippen LogP) is 1.38. The standard InChI is InChI=1S/C12H20N2O3S2/c1-8(15)9(2)18-12-6-5-10(7-11(12)13)19(16,17)14(3)4/h5-9,15H,13H2,1-4H3. The summed E-state index contributed by atoms with van der Waals surface area (Å²) in [5.41, 5.74) is 6.28. The van der Waals surface area contributed by atoms with Crippen LogP contribution in [0.15, 0.2) is 28.0 Å². The Balaban J connectivity index is 3.05. The minimum Gasteiger partial charge on any atom is -0.398 e. The first-order valence-electron chi connectivity index (χ1n) is 5.83. The van der Waals surface area contributed by atoms with Crippen LogP contribution in [0, 0.1) is 0 Å². The number of hydrogen-bond donors (Lipinski definition) is 2. The van der Waals surface area contributed by atoms with E-state index in [1.807, 2.05) is 6.92 Å². The Morgan fingerprint density at radius 1 is 1.32 bits per heavy atom. The molecule has 0 saturated heterocycles. The van der Waals surface area contributed by atoms with Gasteiger partial charge in [-0.3, -0.25) is 0 Å². The van der Waals surface area contributed by atoms with Crippen molar-refractivity contribution in [2.45, 2.75) is 35.0 Å². The topological polar surface area (TPSA) is 83.6 Å². The van der Waals surface area contributed by atoms with Crippen LogP contribution < -0.4 is 5.73 Å². The van der Waals surface area contributed by atoms with Crippen molar-refractivity contribution < 1.29 is 13.5 Å². The number of rotatable bonds is 5. The first-order valence-corrected chi connectivity index (χ1v) is 8.15. The summed E-state index contributed by atoms with van der Waals surface area (Å²) >= 11 is 1.42. The van der Waals surface area contributed by atoms with E-state index >= 15 is 0 Å². The molecule has 2 atom stereocenters. The van der Waals surface area contributed by atoms with Gasteiger partial charge in [-0.25, -0.2) is 12.7 Å². The lowest BCUT2D eigenvalue weighted by Gasteiger charge is -2.17. The SMILES string of the molecule is CC(O)C(C)Sc1ccc(S(=O)(=O)N(C)C)cc1N. The Hall–Kier alpha value is -0.760. The second-order valence-corrected chi connectivity index (χ2v) is 8.12. The fourth-order valence-electron chi connectivity index (χ4n) is 1.30. The molecule has 0 aliphatic rings. The molecule has 108 valence electrons. The van der Waals surface area contributed by atoms with Crippen molar-refractivity contribution >= 4 is 27.5 Å². The highest BCUT2D eigenvalue weighted by Crippen LogP contribution is 2.32. The highest BCUT2D eigenvalue weighted by atomic mass is 32.2. The molecular weight excluding hydrogens is 284 g/mol. The molecule has 2 unspecified atom stereocenters. The van der Waals surface area contributed by atoms with Gasteiger partial charge < -0.3 is 10.8 Å². The van der Waals surface area contributed by atoms with E-state index < -0.39 is 16.1 Å². The van der Waals surface area contributed by atoms with E-state index in [9.17, 15) is 13.5 Å². The molecule has 0 spiro atoms. The number of benzene rings is 1. The maximum Gasteiger partial charge on any atom is 0.242 e. The Labute approximate surface area is 118 Å². The number of hydrogen-bond acceptors (Lipinski definition) is 5. The number of thioether (sulfide) groups is 1. The largest absolute Gasteiger partial charge is 0.398 e. The molecule has 0 saturated carbocycles. The third-order valence-electron chi connectivity index (χ3n) is 2.75. The second kappa shape index (κ2) is 6.13. The van der Waals surface area contributed by atoms with Crippen molar-refractivity contribution in [2.24, 2.45) is 0 Å². The molecule has 0 aliphatic carbocycles. The molecule has 0 aromatic heterocycles.